The molecule has 0 aromatic carbocycles. The van der Waals surface area contributed by atoms with E-state index in [0.29, 0.717) is 13.2 Å². The molecular weight excluding hydrogens is 206 g/mol. The van der Waals surface area contributed by atoms with Crippen LogP contribution in [0.4, 0.5) is 0 Å². The number of likely N-dealkylation sites (tertiary alicyclic amines) is 1. The number of nitrogens with one attached hydrogen (secondary N) is 1. The van der Waals surface area contributed by atoms with Crippen molar-refractivity contribution in [2.75, 3.05) is 33.4 Å². The second kappa shape index (κ2) is 6.83. The second-order valence-electron chi connectivity index (χ2n) is 4.36. The summed E-state index contributed by atoms with van der Waals surface area (Å²) in [6, 6.07) is 0.117. The van der Waals surface area contributed by atoms with Crippen LogP contribution in [0.15, 0.2) is 0 Å². The van der Waals surface area contributed by atoms with E-state index < -0.39 is 0 Å². The Morgan fingerprint density at radius 2 is 2.44 bits per heavy atom. The molecule has 0 aromatic rings. The van der Waals surface area contributed by atoms with E-state index in [0.717, 1.165) is 25.9 Å². The van der Waals surface area contributed by atoms with Gasteiger partial charge in [-0.2, -0.15) is 0 Å². The van der Waals surface area contributed by atoms with Crippen molar-refractivity contribution in [1.29, 1.82) is 0 Å². The highest BCUT2D eigenvalue weighted by Gasteiger charge is 2.25. The lowest BCUT2D eigenvalue weighted by molar-refractivity contribution is -0.126. The lowest BCUT2D eigenvalue weighted by Crippen LogP contribution is -2.52. The Labute approximate surface area is 97.3 Å². The average Bonchev–Trinajstić information content (AvgIpc) is 2.28. The maximum Gasteiger partial charge on any atom is 0.237 e. The maximum atomic E-state index is 11.8. The van der Waals surface area contributed by atoms with Crippen LogP contribution in [0.2, 0.25) is 0 Å². The number of carbonyl (C=O) groups excluding carboxylic acids is 1. The normalized spacial score (nSPS) is 24.1. The van der Waals surface area contributed by atoms with Gasteiger partial charge >= 0.3 is 0 Å². The molecule has 1 heterocycles. The van der Waals surface area contributed by atoms with Crippen molar-refractivity contribution in [2.24, 2.45) is 5.73 Å². The molecule has 0 aliphatic carbocycles. The molecule has 1 amide bonds. The van der Waals surface area contributed by atoms with Crippen molar-refractivity contribution < 1.29 is 9.53 Å². The molecule has 0 saturated carbocycles. The van der Waals surface area contributed by atoms with Gasteiger partial charge in [-0.1, -0.05) is 0 Å². The SMILES string of the molecule is COCCNC(=O)C(C)N1CCC[C@@H](N)C1. The summed E-state index contributed by atoms with van der Waals surface area (Å²) in [6.45, 7) is 4.84. The fraction of sp³-hybridized carbons (Fsp3) is 0.909. The Morgan fingerprint density at radius 3 is 3.06 bits per heavy atom. The Kier molecular flexibility index (Phi) is 5.73. The standard InChI is InChI=1S/C11H23N3O2/c1-9(11(15)13-5-7-16-2)14-6-3-4-10(12)8-14/h9-10H,3-8,12H2,1-2H3,(H,13,15)/t9?,10-/m1/s1. The average molecular weight is 229 g/mol. The fourth-order valence-electron chi connectivity index (χ4n) is 1.98. The first kappa shape index (κ1) is 13.4. The van der Waals surface area contributed by atoms with Gasteiger partial charge in [0.25, 0.3) is 0 Å². The highest BCUT2D eigenvalue weighted by Crippen LogP contribution is 2.11. The molecule has 1 saturated heterocycles. The van der Waals surface area contributed by atoms with Crippen LogP contribution in [0.3, 0.4) is 0 Å². The van der Waals surface area contributed by atoms with Crippen LogP contribution >= 0.6 is 0 Å². The van der Waals surface area contributed by atoms with Gasteiger partial charge in [-0.3, -0.25) is 9.69 Å². The molecule has 0 bridgehead atoms. The van der Waals surface area contributed by atoms with Crippen molar-refractivity contribution in [3.8, 4) is 0 Å². The zero-order valence-corrected chi connectivity index (χ0v) is 10.2. The molecule has 0 spiro atoms. The molecule has 1 aliphatic heterocycles. The number of nitrogens with zero attached hydrogens (tertiary/aromatic N) is 1. The number of carbonyl (C=O) groups is 1. The molecule has 3 N–H and O–H groups in total. The van der Waals surface area contributed by atoms with E-state index in [1.54, 1.807) is 7.11 Å². The van der Waals surface area contributed by atoms with Crippen LogP contribution in [0, 0.1) is 0 Å². The van der Waals surface area contributed by atoms with Crippen LogP contribution in [-0.4, -0.2) is 56.2 Å². The highest BCUT2D eigenvalue weighted by atomic mass is 16.5. The van der Waals surface area contributed by atoms with Gasteiger partial charge in [-0.15, -0.1) is 0 Å². The van der Waals surface area contributed by atoms with E-state index in [2.05, 4.69) is 10.2 Å². The Bertz CT molecular complexity index is 223. The van der Waals surface area contributed by atoms with Crippen LogP contribution in [0.1, 0.15) is 19.8 Å². The summed E-state index contributed by atoms with van der Waals surface area (Å²) in [7, 11) is 1.62. The van der Waals surface area contributed by atoms with E-state index in [-0.39, 0.29) is 18.0 Å². The number of methoxy groups -OCH3 is 1. The summed E-state index contributed by atoms with van der Waals surface area (Å²) >= 11 is 0. The summed E-state index contributed by atoms with van der Waals surface area (Å²) in [4.78, 5) is 13.9. The first-order valence-electron chi connectivity index (χ1n) is 5.91. The molecule has 0 aromatic heterocycles. The molecular formula is C11H23N3O2. The zero-order valence-electron chi connectivity index (χ0n) is 10.2. The van der Waals surface area contributed by atoms with E-state index in [1.807, 2.05) is 6.92 Å². The molecule has 94 valence electrons. The van der Waals surface area contributed by atoms with Crippen molar-refractivity contribution in [2.45, 2.75) is 31.8 Å². The quantitative estimate of drug-likeness (QED) is 0.627. The number of nitrogens with two attached hydrogens (primary N) is 1. The first-order valence-corrected chi connectivity index (χ1v) is 5.91. The molecule has 1 aliphatic rings. The highest BCUT2D eigenvalue weighted by molar-refractivity contribution is 5.81. The molecule has 2 atom stereocenters. The molecule has 0 radical (unpaired) electrons. The van der Waals surface area contributed by atoms with Gasteiger partial charge in [0.2, 0.25) is 5.91 Å². The zero-order chi connectivity index (χ0) is 12.0. The second-order valence-corrected chi connectivity index (χ2v) is 4.36. The first-order chi connectivity index (χ1) is 7.65. The molecule has 1 fully saturated rings. The maximum absolute atomic E-state index is 11.8. The van der Waals surface area contributed by atoms with Gasteiger partial charge in [0, 0.05) is 26.2 Å². The third-order valence-corrected chi connectivity index (χ3v) is 3.02. The van der Waals surface area contributed by atoms with Gasteiger partial charge in [0.15, 0.2) is 0 Å². The van der Waals surface area contributed by atoms with Gasteiger partial charge < -0.3 is 15.8 Å². The lowest BCUT2D eigenvalue weighted by atomic mass is 10.0. The fourth-order valence-corrected chi connectivity index (χ4v) is 1.98. The minimum absolute atomic E-state index is 0.0613. The Balaban J connectivity index is 2.31. The van der Waals surface area contributed by atoms with Crippen LogP contribution in [-0.2, 0) is 9.53 Å². The molecule has 5 nitrogen and oxygen atoms in total. The number of hydrogen-bond donors (Lipinski definition) is 2. The number of rotatable bonds is 5. The third kappa shape index (κ3) is 4.08. The number of amides is 1. The predicted octanol–water partition coefficient (Wildman–Crippen LogP) is -0.439. The number of piperidine rings is 1. The molecule has 1 rings (SSSR count). The predicted molar refractivity (Wildman–Crippen MR) is 63.1 cm³/mol. The topological polar surface area (TPSA) is 67.6 Å². The summed E-state index contributed by atoms with van der Waals surface area (Å²) in [5.41, 5.74) is 5.89. The van der Waals surface area contributed by atoms with E-state index in [1.165, 1.54) is 0 Å². The summed E-state index contributed by atoms with van der Waals surface area (Å²) in [6.07, 6.45) is 2.14. The van der Waals surface area contributed by atoms with Crippen LogP contribution in [0.25, 0.3) is 0 Å². The van der Waals surface area contributed by atoms with E-state index in [9.17, 15) is 4.79 Å². The number of hydrogen-bond acceptors (Lipinski definition) is 4. The molecule has 1 unspecified atom stereocenters. The van der Waals surface area contributed by atoms with Gasteiger partial charge in [-0.25, -0.2) is 0 Å². The van der Waals surface area contributed by atoms with Crippen LogP contribution in [0.5, 0.6) is 0 Å². The van der Waals surface area contributed by atoms with Gasteiger partial charge in [-0.05, 0) is 26.3 Å². The van der Waals surface area contributed by atoms with Crippen molar-refractivity contribution in [1.82, 2.24) is 10.2 Å². The largest absolute Gasteiger partial charge is 0.383 e. The van der Waals surface area contributed by atoms with Gasteiger partial charge in [0.1, 0.15) is 0 Å². The molecule has 5 heteroatoms. The van der Waals surface area contributed by atoms with Crippen molar-refractivity contribution >= 4 is 5.91 Å². The number of ether oxygens (including phenoxy) is 1. The smallest absolute Gasteiger partial charge is 0.237 e. The van der Waals surface area contributed by atoms with Gasteiger partial charge in [0.05, 0.1) is 12.6 Å². The van der Waals surface area contributed by atoms with Crippen LogP contribution < -0.4 is 11.1 Å². The minimum atomic E-state index is -0.0943. The lowest BCUT2D eigenvalue weighted by Gasteiger charge is -2.34. The molecule has 16 heavy (non-hydrogen) atoms. The van der Waals surface area contributed by atoms with E-state index >= 15 is 0 Å². The monoisotopic (exact) mass is 229 g/mol. The summed E-state index contributed by atoms with van der Waals surface area (Å²) in [5, 5.41) is 2.85. The summed E-state index contributed by atoms with van der Waals surface area (Å²) in [5.74, 6) is 0.0613. The summed E-state index contributed by atoms with van der Waals surface area (Å²) < 4.78 is 4.89. The van der Waals surface area contributed by atoms with Crippen molar-refractivity contribution in [3.63, 3.8) is 0 Å². The van der Waals surface area contributed by atoms with E-state index in [4.69, 9.17) is 10.5 Å². The van der Waals surface area contributed by atoms with Crippen molar-refractivity contribution in [3.05, 3.63) is 0 Å². The minimum Gasteiger partial charge on any atom is -0.383 e. The Morgan fingerprint density at radius 1 is 1.69 bits per heavy atom. The third-order valence-electron chi connectivity index (χ3n) is 3.02. The Hall–Kier alpha value is -0.650.